The lowest BCUT2D eigenvalue weighted by Gasteiger charge is -2.17. The van der Waals surface area contributed by atoms with E-state index in [0.717, 1.165) is 22.5 Å². The van der Waals surface area contributed by atoms with E-state index in [4.69, 9.17) is 4.98 Å². The molecule has 0 atom stereocenters. The minimum absolute atomic E-state index is 0.970. The number of nitrogens with zero attached hydrogens (tertiary/aromatic N) is 2. The number of hydrogen-bond donors (Lipinski definition) is 0. The highest BCUT2D eigenvalue weighted by atomic mass is 15.0. The predicted octanol–water partition coefficient (Wildman–Crippen LogP) is 12.6. The van der Waals surface area contributed by atoms with Gasteiger partial charge in [-0.15, -0.1) is 0 Å². The van der Waals surface area contributed by atoms with Gasteiger partial charge in [-0.2, -0.15) is 0 Å². The van der Waals surface area contributed by atoms with E-state index in [2.05, 4.69) is 187 Å². The average molecular weight is 623 g/mol. The van der Waals surface area contributed by atoms with Crippen LogP contribution < -0.4 is 0 Å². The first-order valence-corrected chi connectivity index (χ1v) is 16.8. The molecule has 0 radical (unpaired) electrons. The zero-order valence-electron chi connectivity index (χ0n) is 26.7. The van der Waals surface area contributed by atoms with Crippen LogP contribution in [-0.2, 0) is 0 Å². The molecule has 2 heteroatoms. The molecule has 0 spiro atoms. The monoisotopic (exact) mass is 622 g/mol. The molecule has 0 bridgehead atoms. The second kappa shape index (κ2) is 11.0. The molecule has 2 nitrogen and oxygen atoms in total. The Morgan fingerprint density at radius 1 is 0.388 bits per heavy atom. The molecule has 228 valence electrons. The van der Waals surface area contributed by atoms with Crippen molar-refractivity contribution in [3.8, 4) is 39.2 Å². The van der Waals surface area contributed by atoms with E-state index in [9.17, 15) is 0 Å². The minimum Gasteiger partial charge on any atom is -0.309 e. The van der Waals surface area contributed by atoms with Crippen molar-refractivity contribution in [2.45, 2.75) is 0 Å². The number of hydrogen-bond acceptors (Lipinski definition) is 1. The normalized spacial score (nSPS) is 11.7. The molecule has 0 N–H and O–H groups in total. The molecule has 0 fully saturated rings. The number of para-hydroxylation sites is 2. The van der Waals surface area contributed by atoms with Crippen molar-refractivity contribution < 1.29 is 0 Å². The van der Waals surface area contributed by atoms with Gasteiger partial charge in [-0.3, -0.25) is 4.98 Å². The number of benzene rings is 8. The van der Waals surface area contributed by atoms with Gasteiger partial charge in [0, 0.05) is 39.3 Å². The number of fused-ring (bicyclic) bond motifs is 6. The predicted molar refractivity (Wildman–Crippen MR) is 207 cm³/mol. The summed E-state index contributed by atoms with van der Waals surface area (Å²) in [5.74, 6) is 0. The van der Waals surface area contributed by atoms with E-state index in [0.29, 0.717) is 0 Å². The molecule has 0 aliphatic heterocycles. The second-order valence-corrected chi connectivity index (χ2v) is 12.7. The highest BCUT2D eigenvalue weighted by Crippen LogP contribution is 2.44. The maximum Gasteiger partial charge on any atom is 0.0714 e. The molecule has 2 aromatic heterocycles. The lowest BCUT2D eigenvalue weighted by molar-refractivity contribution is 1.18. The second-order valence-electron chi connectivity index (χ2n) is 12.7. The van der Waals surface area contributed by atoms with Crippen LogP contribution in [0.3, 0.4) is 0 Å². The molecular formula is C47H30N2. The van der Waals surface area contributed by atoms with Crippen molar-refractivity contribution in [1.82, 2.24) is 9.55 Å². The van der Waals surface area contributed by atoms with Crippen LogP contribution in [0.1, 0.15) is 0 Å². The third kappa shape index (κ3) is 4.31. The van der Waals surface area contributed by atoms with E-state index in [1.165, 1.54) is 70.8 Å². The lowest BCUT2D eigenvalue weighted by Crippen LogP contribution is -1.96. The van der Waals surface area contributed by atoms with Crippen LogP contribution in [0.2, 0.25) is 0 Å². The van der Waals surface area contributed by atoms with Crippen molar-refractivity contribution >= 4 is 54.1 Å². The highest BCUT2D eigenvalue weighted by Gasteiger charge is 2.19. The number of pyridine rings is 1. The van der Waals surface area contributed by atoms with Crippen LogP contribution in [-0.4, -0.2) is 9.55 Å². The molecule has 0 unspecified atom stereocenters. The van der Waals surface area contributed by atoms with Crippen LogP contribution in [0, 0.1) is 0 Å². The van der Waals surface area contributed by atoms with Gasteiger partial charge < -0.3 is 4.57 Å². The van der Waals surface area contributed by atoms with Gasteiger partial charge in [0.25, 0.3) is 0 Å². The maximum absolute atomic E-state index is 5.23. The first-order valence-electron chi connectivity index (χ1n) is 16.8. The van der Waals surface area contributed by atoms with Gasteiger partial charge in [0.05, 0.1) is 16.7 Å². The molecule has 8 aromatic carbocycles. The molecule has 0 amide bonds. The Balaban J connectivity index is 1.21. The summed E-state index contributed by atoms with van der Waals surface area (Å²) in [7, 11) is 0. The van der Waals surface area contributed by atoms with E-state index < -0.39 is 0 Å². The molecule has 2 heterocycles. The van der Waals surface area contributed by atoms with Crippen LogP contribution in [0.5, 0.6) is 0 Å². The fraction of sp³-hybridized carbons (Fsp3) is 0. The fourth-order valence-corrected chi connectivity index (χ4v) is 7.85. The zero-order chi connectivity index (χ0) is 32.3. The van der Waals surface area contributed by atoms with E-state index >= 15 is 0 Å². The van der Waals surface area contributed by atoms with Crippen LogP contribution in [0.4, 0.5) is 0 Å². The van der Waals surface area contributed by atoms with Gasteiger partial charge in [0.1, 0.15) is 0 Å². The van der Waals surface area contributed by atoms with Crippen molar-refractivity contribution in [1.29, 1.82) is 0 Å². The molecular weight excluding hydrogens is 593 g/mol. The summed E-state index contributed by atoms with van der Waals surface area (Å²) in [6.45, 7) is 0. The molecule has 10 aromatic rings. The number of aromatic nitrogens is 2. The van der Waals surface area contributed by atoms with Gasteiger partial charge in [-0.25, -0.2) is 0 Å². The van der Waals surface area contributed by atoms with Gasteiger partial charge in [-0.05, 0) is 73.8 Å². The summed E-state index contributed by atoms with van der Waals surface area (Å²) in [6, 6.07) is 63.4. The third-order valence-electron chi connectivity index (χ3n) is 9.99. The molecule has 0 aliphatic rings. The van der Waals surface area contributed by atoms with Gasteiger partial charge in [0.2, 0.25) is 0 Å². The molecule has 0 aliphatic carbocycles. The Morgan fingerprint density at radius 3 is 1.61 bits per heavy atom. The van der Waals surface area contributed by atoms with Gasteiger partial charge >= 0.3 is 0 Å². The quantitative estimate of drug-likeness (QED) is 0.179. The van der Waals surface area contributed by atoms with Crippen molar-refractivity contribution in [2.75, 3.05) is 0 Å². The Kier molecular flexibility index (Phi) is 6.22. The first-order chi connectivity index (χ1) is 24.3. The van der Waals surface area contributed by atoms with E-state index in [1.54, 1.807) is 0 Å². The van der Waals surface area contributed by atoms with Gasteiger partial charge in [0.15, 0.2) is 0 Å². The standard InChI is InChI=1S/C47H30N2/c1-3-14-31(15-4-1)45-37-20-9-11-22-39(37)46(40-23-12-10-21-38(40)45)43-27-26-34(30-48-43)36-24-13-25-41-42-28-32-16-7-8-17-33(32)29-44(42)49(47(36)41)35-18-5-2-6-19-35/h1-30H. The Morgan fingerprint density at radius 2 is 0.959 bits per heavy atom. The minimum atomic E-state index is 0.970. The third-order valence-corrected chi connectivity index (χ3v) is 9.99. The highest BCUT2D eigenvalue weighted by molar-refractivity contribution is 6.21. The topological polar surface area (TPSA) is 17.8 Å². The summed E-state index contributed by atoms with van der Waals surface area (Å²) in [6.07, 6.45) is 2.06. The summed E-state index contributed by atoms with van der Waals surface area (Å²) >= 11 is 0. The average Bonchev–Trinajstić information content (AvgIpc) is 3.50. The van der Waals surface area contributed by atoms with Crippen LogP contribution >= 0.6 is 0 Å². The SMILES string of the molecule is c1ccc(-c2c3ccccc3c(-c3ccc(-c4cccc5c6cc7ccccc7cc6n(-c6ccccc6)c45)cn3)c3ccccc23)cc1. The van der Waals surface area contributed by atoms with Gasteiger partial charge in [-0.1, -0.05) is 146 Å². The lowest BCUT2D eigenvalue weighted by atomic mass is 9.87. The summed E-state index contributed by atoms with van der Waals surface area (Å²) in [5.41, 5.74) is 10.4. The summed E-state index contributed by atoms with van der Waals surface area (Å²) in [4.78, 5) is 5.23. The smallest absolute Gasteiger partial charge is 0.0714 e. The molecule has 0 saturated carbocycles. The van der Waals surface area contributed by atoms with Crippen molar-refractivity contribution in [2.24, 2.45) is 0 Å². The Hall–Kier alpha value is -6.51. The zero-order valence-corrected chi connectivity index (χ0v) is 26.7. The van der Waals surface area contributed by atoms with E-state index in [1.807, 2.05) is 0 Å². The van der Waals surface area contributed by atoms with Crippen molar-refractivity contribution in [3.63, 3.8) is 0 Å². The molecule has 10 rings (SSSR count). The molecule has 0 saturated heterocycles. The summed E-state index contributed by atoms with van der Waals surface area (Å²) in [5, 5.41) is 9.85. The largest absolute Gasteiger partial charge is 0.309 e. The van der Waals surface area contributed by atoms with Crippen LogP contribution in [0.15, 0.2) is 182 Å². The fourth-order valence-electron chi connectivity index (χ4n) is 7.85. The molecule has 49 heavy (non-hydrogen) atoms. The van der Waals surface area contributed by atoms with Crippen molar-refractivity contribution in [3.05, 3.63) is 182 Å². The van der Waals surface area contributed by atoms with Crippen LogP contribution in [0.25, 0.3) is 93.3 Å². The summed E-state index contributed by atoms with van der Waals surface area (Å²) < 4.78 is 2.42. The maximum atomic E-state index is 5.23. The number of rotatable bonds is 4. The Labute approximate surface area is 284 Å². The van der Waals surface area contributed by atoms with E-state index in [-0.39, 0.29) is 0 Å². The Bertz CT molecular complexity index is 2790. The first kappa shape index (κ1) is 27.6.